The Morgan fingerprint density at radius 3 is 2.50 bits per heavy atom. The lowest BCUT2D eigenvalue weighted by molar-refractivity contribution is 0.0925. The van der Waals surface area contributed by atoms with Crippen LogP contribution in [-0.4, -0.2) is 67.9 Å². The number of halogens is 1. The van der Waals surface area contributed by atoms with E-state index in [1.54, 1.807) is 0 Å². The zero-order valence-corrected chi connectivity index (χ0v) is 19.0. The van der Waals surface area contributed by atoms with Gasteiger partial charge in [-0.05, 0) is 44.5 Å². The van der Waals surface area contributed by atoms with Crippen molar-refractivity contribution < 1.29 is 13.2 Å². The van der Waals surface area contributed by atoms with Gasteiger partial charge in [0.1, 0.15) is 0 Å². The lowest BCUT2D eigenvalue weighted by Crippen LogP contribution is -2.48. The molecule has 162 valence electrons. The van der Waals surface area contributed by atoms with Crippen molar-refractivity contribution in [3.63, 3.8) is 0 Å². The number of sulfone groups is 1. The first kappa shape index (κ1) is 21.4. The molecule has 0 spiro atoms. The molecule has 6 nitrogen and oxygen atoms in total. The highest BCUT2D eigenvalue weighted by atomic mass is 35.5. The fourth-order valence-corrected chi connectivity index (χ4v) is 6.61. The zero-order chi connectivity index (χ0) is 21.5. The second-order valence-corrected chi connectivity index (χ2v) is 11.0. The molecule has 2 fully saturated rings. The number of hydrogen-bond donors (Lipinski definition) is 0. The van der Waals surface area contributed by atoms with E-state index >= 15 is 0 Å². The van der Waals surface area contributed by atoms with Gasteiger partial charge in [-0.1, -0.05) is 17.7 Å². The molecule has 2 aliphatic rings. The summed E-state index contributed by atoms with van der Waals surface area (Å²) in [5, 5.41) is 0.732. The van der Waals surface area contributed by atoms with Gasteiger partial charge in [-0.15, -0.1) is 0 Å². The highest BCUT2D eigenvalue weighted by Crippen LogP contribution is 2.29. The normalized spacial score (nSPS) is 21.8. The van der Waals surface area contributed by atoms with Crippen molar-refractivity contribution in [2.45, 2.75) is 26.3 Å². The van der Waals surface area contributed by atoms with E-state index in [0.717, 1.165) is 48.3 Å². The number of carbonyl (C=O) groups is 1. The van der Waals surface area contributed by atoms with Crippen LogP contribution in [0.25, 0.3) is 0 Å². The number of hydrogen-bond acceptors (Lipinski definition) is 5. The highest BCUT2D eigenvalue weighted by molar-refractivity contribution is 7.91. The van der Waals surface area contributed by atoms with Gasteiger partial charge in [0.05, 0.1) is 18.1 Å². The van der Waals surface area contributed by atoms with Crippen LogP contribution in [0.15, 0.2) is 30.3 Å². The standard InChI is InChI=1S/C22H28ClN3O3S/c1-16-12-21(17(2)26(16)20-6-11-30(28,29)15-20)22(27)14-24-7-9-25(10-8-24)19-5-3-4-18(23)13-19/h3-5,12-13,20H,6-11,14-15H2,1-2H3/t20-/m0/s1. The minimum atomic E-state index is -2.97. The summed E-state index contributed by atoms with van der Waals surface area (Å²) in [6.45, 7) is 7.62. The molecular formula is C22H28ClN3O3S. The third-order valence-corrected chi connectivity index (χ3v) is 8.26. The number of aryl methyl sites for hydroxylation is 1. The molecule has 2 aromatic rings. The van der Waals surface area contributed by atoms with Crippen LogP contribution in [0.1, 0.15) is 34.2 Å². The first-order valence-electron chi connectivity index (χ1n) is 10.4. The van der Waals surface area contributed by atoms with Gasteiger partial charge in [0.15, 0.2) is 15.6 Å². The maximum absolute atomic E-state index is 13.0. The van der Waals surface area contributed by atoms with E-state index in [-0.39, 0.29) is 23.3 Å². The summed E-state index contributed by atoms with van der Waals surface area (Å²) >= 11 is 6.10. The number of aromatic nitrogens is 1. The largest absolute Gasteiger partial charge is 0.369 e. The van der Waals surface area contributed by atoms with Crippen LogP contribution in [0, 0.1) is 13.8 Å². The average Bonchev–Trinajstić information content (AvgIpc) is 3.20. The summed E-state index contributed by atoms with van der Waals surface area (Å²) < 4.78 is 25.8. The molecule has 0 saturated carbocycles. The fraction of sp³-hybridized carbons (Fsp3) is 0.500. The molecule has 8 heteroatoms. The third-order valence-electron chi connectivity index (χ3n) is 6.27. The fourth-order valence-electron chi connectivity index (χ4n) is 4.73. The molecule has 0 aliphatic carbocycles. The molecule has 4 rings (SSSR count). The molecule has 0 amide bonds. The summed E-state index contributed by atoms with van der Waals surface area (Å²) in [4.78, 5) is 17.5. The van der Waals surface area contributed by atoms with Gasteiger partial charge in [-0.25, -0.2) is 8.42 Å². The smallest absolute Gasteiger partial charge is 0.178 e. The number of rotatable bonds is 5. The summed E-state index contributed by atoms with van der Waals surface area (Å²) in [6.07, 6.45) is 0.623. The number of Topliss-reactive ketones (excluding diaryl/α,β-unsaturated/α-hetero) is 1. The third kappa shape index (κ3) is 4.43. The Labute approximate surface area is 183 Å². The second kappa shape index (κ2) is 8.36. The molecule has 1 aromatic heterocycles. The molecule has 0 radical (unpaired) electrons. The van der Waals surface area contributed by atoms with Crippen LogP contribution in [-0.2, 0) is 9.84 Å². The Kier molecular flexibility index (Phi) is 5.97. The number of anilines is 1. The van der Waals surface area contributed by atoms with Crippen molar-refractivity contribution in [3.8, 4) is 0 Å². The van der Waals surface area contributed by atoms with Crippen molar-refractivity contribution >= 4 is 32.9 Å². The van der Waals surface area contributed by atoms with Crippen molar-refractivity contribution in [1.29, 1.82) is 0 Å². The highest BCUT2D eigenvalue weighted by Gasteiger charge is 2.32. The molecule has 3 heterocycles. The topological polar surface area (TPSA) is 62.6 Å². The molecule has 0 bridgehead atoms. The Morgan fingerprint density at radius 1 is 1.13 bits per heavy atom. The number of ketones is 1. The predicted octanol–water partition coefficient (Wildman–Crippen LogP) is 3.12. The van der Waals surface area contributed by atoms with Gasteiger partial charge in [-0.2, -0.15) is 0 Å². The van der Waals surface area contributed by atoms with Crippen LogP contribution < -0.4 is 4.90 Å². The molecule has 0 unspecified atom stereocenters. The van der Waals surface area contributed by atoms with Gasteiger partial charge in [0.2, 0.25) is 0 Å². The van der Waals surface area contributed by atoms with Crippen molar-refractivity contribution in [2.75, 3.05) is 49.1 Å². The van der Waals surface area contributed by atoms with Crippen molar-refractivity contribution in [3.05, 3.63) is 52.3 Å². The van der Waals surface area contributed by atoms with E-state index in [2.05, 4.69) is 20.4 Å². The van der Waals surface area contributed by atoms with Crippen LogP contribution in [0.2, 0.25) is 5.02 Å². The van der Waals surface area contributed by atoms with E-state index in [1.807, 2.05) is 38.1 Å². The maximum atomic E-state index is 13.0. The number of nitrogens with zero attached hydrogens (tertiary/aromatic N) is 3. The van der Waals surface area contributed by atoms with E-state index in [4.69, 9.17) is 11.6 Å². The Hall–Kier alpha value is -1.83. The van der Waals surface area contributed by atoms with Gasteiger partial charge < -0.3 is 9.47 Å². The predicted molar refractivity (Wildman–Crippen MR) is 121 cm³/mol. The van der Waals surface area contributed by atoms with Crippen molar-refractivity contribution in [2.24, 2.45) is 0 Å². The minimum Gasteiger partial charge on any atom is -0.369 e. The summed E-state index contributed by atoms with van der Waals surface area (Å²) in [6, 6.07) is 9.73. The molecule has 0 N–H and O–H groups in total. The first-order chi connectivity index (χ1) is 14.2. The van der Waals surface area contributed by atoms with Crippen LogP contribution in [0.5, 0.6) is 0 Å². The van der Waals surface area contributed by atoms with Crippen LogP contribution in [0.3, 0.4) is 0 Å². The van der Waals surface area contributed by atoms with Gasteiger partial charge in [-0.3, -0.25) is 9.69 Å². The monoisotopic (exact) mass is 449 g/mol. The van der Waals surface area contributed by atoms with E-state index in [1.165, 1.54) is 0 Å². The van der Waals surface area contributed by atoms with Crippen molar-refractivity contribution in [1.82, 2.24) is 9.47 Å². The Bertz CT molecular complexity index is 1060. The minimum absolute atomic E-state index is 0.0576. The summed E-state index contributed by atoms with van der Waals surface area (Å²) in [5.74, 6) is 0.503. The van der Waals surface area contributed by atoms with Gasteiger partial charge in [0, 0.05) is 59.9 Å². The molecule has 1 atom stereocenters. The van der Waals surface area contributed by atoms with E-state index < -0.39 is 9.84 Å². The Morgan fingerprint density at radius 2 is 1.87 bits per heavy atom. The molecule has 2 saturated heterocycles. The summed E-state index contributed by atoms with van der Waals surface area (Å²) in [7, 11) is -2.97. The number of piperazine rings is 1. The average molecular weight is 450 g/mol. The van der Waals surface area contributed by atoms with Crippen LogP contribution in [0.4, 0.5) is 5.69 Å². The Balaban J connectivity index is 1.40. The second-order valence-electron chi connectivity index (χ2n) is 8.38. The summed E-state index contributed by atoms with van der Waals surface area (Å²) in [5.41, 5.74) is 3.68. The molecule has 30 heavy (non-hydrogen) atoms. The molecule has 2 aliphatic heterocycles. The van der Waals surface area contributed by atoms with Gasteiger partial charge in [0.25, 0.3) is 0 Å². The number of carbonyl (C=O) groups excluding carboxylic acids is 1. The molecule has 1 aromatic carbocycles. The lowest BCUT2D eigenvalue weighted by Gasteiger charge is -2.35. The quantitative estimate of drug-likeness (QED) is 0.656. The van der Waals surface area contributed by atoms with E-state index in [9.17, 15) is 13.2 Å². The molecular weight excluding hydrogens is 422 g/mol. The first-order valence-corrected chi connectivity index (χ1v) is 12.6. The van der Waals surface area contributed by atoms with Crippen LogP contribution >= 0.6 is 11.6 Å². The lowest BCUT2D eigenvalue weighted by atomic mass is 10.1. The SMILES string of the molecule is Cc1cc(C(=O)CN2CCN(c3cccc(Cl)c3)CC2)c(C)n1[C@H]1CCS(=O)(=O)C1. The zero-order valence-electron chi connectivity index (χ0n) is 17.5. The maximum Gasteiger partial charge on any atom is 0.178 e. The number of benzene rings is 1. The van der Waals surface area contributed by atoms with E-state index in [0.29, 0.717) is 18.5 Å². The van der Waals surface area contributed by atoms with Gasteiger partial charge >= 0.3 is 0 Å².